The predicted molar refractivity (Wildman–Crippen MR) is 121 cm³/mol. The number of sulfonamides is 1. The number of aromatic nitrogens is 3. The zero-order valence-electron chi connectivity index (χ0n) is 17.5. The minimum atomic E-state index is -3.31. The molecule has 0 radical (unpaired) electrons. The summed E-state index contributed by atoms with van der Waals surface area (Å²) in [5.41, 5.74) is 6.56. The van der Waals surface area contributed by atoms with Crippen LogP contribution in [0.1, 0.15) is 51.0 Å². The van der Waals surface area contributed by atoms with Crippen LogP contribution in [-0.4, -0.2) is 52.1 Å². The van der Waals surface area contributed by atoms with Gasteiger partial charge < -0.3 is 11.1 Å². The van der Waals surface area contributed by atoms with Crippen LogP contribution in [0.5, 0.6) is 0 Å². The fourth-order valence-electron chi connectivity index (χ4n) is 4.49. The zero-order valence-corrected chi connectivity index (χ0v) is 18.3. The van der Waals surface area contributed by atoms with Crippen molar-refractivity contribution in [3.63, 3.8) is 0 Å². The third kappa shape index (κ3) is 4.52. The van der Waals surface area contributed by atoms with Crippen molar-refractivity contribution >= 4 is 32.7 Å². The summed E-state index contributed by atoms with van der Waals surface area (Å²) in [4.78, 5) is 21.8. The van der Waals surface area contributed by atoms with Crippen LogP contribution >= 0.6 is 0 Å². The fourth-order valence-corrected chi connectivity index (χ4v) is 5.89. The fraction of sp³-hybridized carbons (Fsp3) is 0.571. The first kappa shape index (κ1) is 21.6. The second-order valence-corrected chi connectivity index (χ2v) is 10.4. The SMILES string of the molecule is C#CCCS(=O)(=O)N1CCC(Nc2ncc3cc(N)c(=O)n(C4CCCC4)c3n2)CC1. The van der Waals surface area contributed by atoms with Crippen molar-refractivity contribution < 1.29 is 8.42 Å². The molecule has 4 rings (SSSR count). The molecule has 0 atom stereocenters. The highest BCUT2D eigenvalue weighted by Gasteiger charge is 2.28. The van der Waals surface area contributed by atoms with Gasteiger partial charge in [-0.1, -0.05) is 12.8 Å². The molecular weight excluding hydrogens is 416 g/mol. The van der Waals surface area contributed by atoms with E-state index in [0.29, 0.717) is 37.5 Å². The number of nitrogen functional groups attached to an aromatic ring is 1. The molecule has 0 spiro atoms. The lowest BCUT2D eigenvalue weighted by atomic mass is 10.1. The highest BCUT2D eigenvalue weighted by atomic mass is 32.2. The summed E-state index contributed by atoms with van der Waals surface area (Å²) >= 11 is 0. The van der Waals surface area contributed by atoms with Crippen LogP contribution in [0.15, 0.2) is 17.1 Å². The van der Waals surface area contributed by atoms with E-state index >= 15 is 0 Å². The van der Waals surface area contributed by atoms with Crippen molar-refractivity contribution in [2.75, 3.05) is 29.9 Å². The van der Waals surface area contributed by atoms with Crippen molar-refractivity contribution in [2.45, 2.75) is 57.0 Å². The third-order valence-electron chi connectivity index (χ3n) is 6.18. The van der Waals surface area contributed by atoms with Crippen molar-refractivity contribution in [2.24, 2.45) is 0 Å². The average Bonchev–Trinajstić information content (AvgIpc) is 3.28. The molecule has 2 aliphatic rings. The Kier molecular flexibility index (Phi) is 6.16. The molecule has 1 aliphatic carbocycles. The van der Waals surface area contributed by atoms with Gasteiger partial charge in [-0.15, -0.1) is 12.3 Å². The Labute approximate surface area is 182 Å². The highest BCUT2D eigenvalue weighted by Crippen LogP contribution is 2.31. The van der Waals surface area contributed by atoms with Crippen molar-refractivity contribution in [3.8, 4) is 12.3 Å². The number of pyridine rings is 1. The molecule has 0 aromatic carbocycles. The van der Waals surface area contributed by atoms with Crippen molar-refractivity contribution in [3.05, 3.63) is 22.6 Å². The summed E-state index contributed by atoms with van der Waals surface area (Å²) in [5, 5.41) is 4.06. The van der Waals surface area contributed by atoms with Gasteiger partial charge in [0.25, 0.3) is 5.56 Å². The van der Waals surface area contributed by atoms with Crippen molar-refractivity contribution in [1.82, 2.24) is 18.8 Å². The molecule has 2 aromatic heterocycles. The minimum absolute atomic E-state index is 0.0167. The lowest BCUT2D eigenvalue weighted by Gasteiger charge is -2.31. The largest absolute Gasteiger partial charge is 0.394 e. The Hall–Kier alpha value is -2.64. The van der Waals surface area contributed by atoms with E-state index in [1.165, 1.54) is 4.31 Å². The molecule has 1 saturated carbocycles. The van der Waals surface area contributed by atoms with Crippen molar-refractivity contribution in [1.29, 1.82) is 0 Å². The van der Waals surface area contributed by atoms with Gasteiger partial charge in [-0.3, -0.25) is 9.36 Å². The summed E-state index contributed by atoms with van der Waals surface area (Å²) in [6, 6.07) is 1.79. The standard InChI is InChI=1S/C21H28N6O3S/c1-2-3-12-31(29,30)26-10-8-16(9-11-26)24-21-23-14-15-13-18(22)20(28)27(19(15)25-21)17-6-4-5-7-17/h1,13-14,16-17H,3-12,22H2,(H,23,24,25). The predicted octanol–water partition coefficient (Wildman–Crippen LogP) is 1.72. The van der Waals surface area contributed by atoms with Gasteiger partial charge in [0.1, 0.15) is 5.65 Å². The number of nitrogens with zero attached hydrogens (tertiary/aromatic N) is 4. The molecule has 3 heterocycles. The number of fused-ring (bicyclic) bond motifs is 1. The normalized spacial score (nSPS) is 18.9. The van der Waals surface area contributed by atoms with Crippen LogP contribution < -0.4 is 16.6 Å². The maximum atomic E-state index is 12.8. The molecule has 9 nitrogen and oxygen atoms in total. The van der Waals surface area contributed by atoms with Crippen LogP contribution in [0, 0.1) is 12.3 Å². The zero-order chi connectivity index (χ0) is 22.0. The Morgan fingerprint density at radius 1 is 1.23 bits per heavy atom. The first-order chi connectivity index (χ1) is 14.9. The first-order valence-corrected chi connectivity index (χ1v) is 12.4. The summed E-state index contributed by atoms with van der Waals surface area (Å²) in [6.07, 6.45) is 12.5. The highest BCUT2D eigenvalue weighted by molar-refractivity contribution is 7.89. The second kappa shape index (κ2) is 8.85. The van der Waals surface area contributed by atoms with Gasteiger partial charge in [0.15, 0.2) is 0 Å². The smallest absolute Gasteiger partial charge is 0.275 e. The van der Waals surface area contributed by atoms with Gasteiger partial charge in [0, 0.05) is 43.2 Å². The number of terminal acetylenes is 1. The number of hydrogen-bond acceptors (Lipinski definition) is 7. The number of hydrogen-bond donors (Lipinski definition) is 2. The van der Waals surface area contributed by atoms with E-state index in [9.17, 15) is 13.2 Å². The second-order valence-electron chi connectivity index (χ2n) is 8.27. The summed E-state index contributed by atoms with van der Waals surface area (Å²) < 4.78 is 27.9. The maximum absolute atomic E-state index is 12.8. The molecule has 2 fully saturated rings. The molecule has 10 heteroatoms. The first-order valence-electron chi connectivity index (χ1n) is 10.7. The maximum Gasteiger partial charge on any atom is 0.275 e. The molecule has 166 valence electrons. The van der Waals surface area contributed by atoms with Crippen LogP contribution in [0.2, 0.25) is 0 Å². The molecule has 0 amide bonds. The van der Waals surface area contributed by atoms with E-state index in [2.05, 4.69) is 21.2 Å². The van der Waals surface area contributed by atoms with E-state index in [-0.39, 0.29) is 35.5 Å². The summed E-state index contributed by atoms with van der Waals surface area (Å²) in [5.74, 6) is 2.81. The van der Waals surface area contributed by atoms with Crippen LogP contribution in [-0.2, 0) is 10.0 Å². The molecule has 31 heavy (non-hydrogen) atoms. The molecule has 0 unspecified atom stereocenters. The van der Waals surface area contributed by atoms with Gasteiger partial charge in [-0.25, -0.2) is 17.7 Å². The van der Waals surface area contributed by atoms with E-state index in [1.54, 1.807) is 16.8 Å². The number of nitrogens with two attached hydrogens (primary N) is 1. The number of rotatable bonds is 6. The van der Waals surface area contributed by atoms with Crippen LogP contribution in [0.25, 0.3) is 11.0 Å². The lowest BCUT2D eigenvalue weighted by molar-refractivity contribution is 0.329. The molecule has 3 N–H and O–H groups in total. The van der Waals surface area contributed by atoms with Crippen LogP contribution in [0.3, 0.4) is 0 Å². The third-order valence-corrected chi connectivity index (χ3v) is 8.05. The molecule has 2 aromatic rings. The van der Waals surface area contributed by atoms with E-state index in [0.717, 1.165) is 31.1 Å². The van der Waals surface area contributed by atoms with Gasteiger partial charge in [-0.2, -0.15) is 4.98 Å². The Bertz CT molecular complexity index is 1160. The van der Waals surface area contributed by atoms with Gasteiger partial charge in [0.05, 0.1) is 11.4 Å². The molecule has 1 saturated heterocycles. The Morgan fingerprint density at radius 3 is 2.61 bits per heavy atom. The Morgan fingerprint density at radius 2 is 1.94 bits per heavy atom. The van der Waals surface area contributed by atoms with Gasteiger partial charge >= 0.3 is 0 Å². The molecular formula is C21H28N6O3S. The molecule has 0 bridgehead atoms. The van der Waals surface area contributed by atoms with E-state index < -0.39 is 10.0 Å². The lowest BCUT2D eigenvalue weighted by Crippen LogP contribution is -2.43. The average molecular weight is 445 g/mol. The van der Waals surface area contributed by atoms with Gasteiger partial charge in [0.2, 0.25) is 16.0 Å². The topological polar surface area (TPSA) is 123 Å². The number of piperidine rings is 1. The monoisotopic (exact) mass is 444 g/mol. The Balaban J connectivity index is 1.51. The van der Waals surface area contributed by atoms with E-state index in [1.807, 2.05) is 0 Å². The summed E-state index contributed by atoms with van der Waals surface area (Å²) in [6.45, 7) is 0.864. The number of anilines is 2. The van der Waals surface area contributed by atoms with Gasteiger partial charge in [-0.05, 0) is 31.7 Å². The molecule has 1 aliphatic heterocycles. The number of nitrogens with one attached hydrogen (secondary N) is 1. The minimum Gasteiger partial charge on any atom is -0.394 e. The van der Waals surface area contributed by atoms with E-state index in [4.69, 9.17) is 12.2 Å². The quantitative estimate of drug-likeness (QED) is 0.650. The van der Waals surface area contributed by atoms with Crippen LogP contribution in [0.4, 0.5) is 11.6 Å². The summed E-state index contributed by atoms with van der Waals surface area (Å²) in [7, 11) is -3.31.